The molecular weight excluding hydrogens is 589 g/mol. The first-order valence-corrected chi connectivity index (χ1v) is 15.3. The summed E-state index contributed by atoms with van der Waals surface area (Å²) in [6.45, 7) is 4.18. The highest BCUT2D eigenvalue weighted by molar-refractivity contribution is 6.37. The molecular formula is C33H37Cl2N3O5. The number of carbonyl (C=O) groups excluding carboxylic acids is 2. The summed E-state index contributed by atoms with van der Waals surface area (Å²) in [5.41, 5.74) is 2.43. The molecule has 1 saturated carbocycles. The van der Waals surface area contributed by atoms with Gasteiger partial charge in [0.1, 0.15) is 24.7 Å². The number of aryl methyl sites for hydroxylation is 1. The van der Waals surface area contributed by atoms with E-state index in [0.29, 0.717) is 46.6 Å². The molecule has 2 aliphatic rings. The second-order valence-corrected chi connectivity index (χ2v) is 11.8. The topological polar surface area (TPSA) is 89.1 Å². The Morgan fingerprint density at radius 1 is 0.977 bits per heavy atom. The van der Waals surface area contributed by atoms with E-state index >= 15 is 0 Å². The van der Waals surface area contributed by atoms with Crippen molar-refractivity contribution < 1.29 is 23.8 Å². The Morgan fingerprint density at radius 3 is 2.37 bits per heavy atom. The first kappa shape index (κ1) is 31.0. The van der Waals surface area contributed by atoms with Gasteiger partial charge in [-0.25, -0.2) is 0 Å². The van der Waals surface area contributed by atoms with Gasteiger partial charge in [0, 0.05) is 36.3 Å². The Labute approximate surface area is 262 Å². The fourth-order valence-electron chi connectivity index (χ4n) is 5.38. The van der Waals surface area contributed by atoms with Gasteiger partial charge in [-0.2, -0.15) is 0 Å². The molecule has 0 spiro atoms. The van der Waals surface area contributed by atoms with Crippen molar-refractivity contribution in [2.45, 2.75) is 44.8 Å². The van der Waals surface area contributed by atoms with Crippen LogP contribution in [0.4, 0.5) is 0 Å². The summed E-state index contributed by atoms with van der Waals surface area (Å²) in [4.78, 5) is 29.1. The highest BCUT2D eigenvalue weighted by atomic mass is 35.5. The Hall–Kier alpha value is -3.46. The predicted molar refractivity (Wildman–Crippen MR) is 167 cm³/mol. The van der Waals surface area contributed by atoms with Crippen molar-refractivity contribution in [1.82, 2.24) is 15.5 Å². The number of para-hydroxylation sites is 1. The third kappa shape index (κ3) is 7.93. The van der Waals surface area contributed by atoms with Crippen LogP contribution in [0.1, 0.15) is 40.7 Å². The van der Waals surface area contributed by atoms with Crippen LogP contribution in [0.2, 0.25) is 10.0 Å². The Bertz CT molecular complexity index is 1410. The van der Waals surface area contributed by atoms with Crippen LogP contribution in [0.3, 0.4) is 0 Å². The molecule has 43 heavy (non-hydrogen) atoms. The second-order valence-electron chi connectivity index (χ2n) is 11.0. The van der Waals surface area contributed by atoms with Crippen LogP contribution in [0, 0.1) is 12.8 Å². The van der Waals surface area contributed by atoms with Crippen molar-refractivity contribution in [2.75, 3.05) is 33.4 Å². The number of ether oxygens (including phenoxy) is 3. The lowest BCUT2D eigenvalue weighted by atomic mass is 9.91. The Kier molecular flexibility index (Phi) is 10.3. The summed E-state index contributed by atoms with van der Waals surface area (Å²) >= 11 is 12.5. The largest absolute Gasteiger partial charge is 0.496 e. The van der Waals surface area contributed by atoms with Gasteiger partial charge in [0.15, 0.2) is 5.75 Å². The summed E-state index contributed by atoms with van der Waals surface area (Å²) < 4.78 is 17.0. The zero-order chi connectivity index (χ0) is 30.3. The number of rotatable bonds is 12. The summed E-state index contributed by atoms with van der Waals surface area (Å²) in [6, 6.07) is 18.3. The molecule has 2 amide bonds. The molecule has 0 radical (unpaired) electrons. The zero-order valence-electron chi connectivity index (χ0n) is 24.4. The molecule has 2 atom stereocenters. The van der Waals surface area contributed by atoms with Crippen LogP contribution in [-0.4, -0.2) is 62.2 Å². The average molecular weight is 627 g/mol. The van der Waals surface area contributed by atoms with Crippen molar-refractivity contribution in [1.29, 1.82) is 0 Å². The number of piperidine rings is 1. The third-order valence-electron chi connectivity index (χ3n) is 7.78. The van der Waals surface area contributed by atoms with Gasteiger partial charge in [0.05, 0.1) is 23.1 Å². The Balaban J connectivity index is 1.16. The van der Waals surface area contributed by atoms with Gasteiger partial charge in [-0.1, -0.05) is 41.4 Å². The minimum atomic E-state index is -0.355. The molecule has 1 aliphatic carbocycles. The van der Waals surface area contributed by atoms with Crippen LogP contribution >= 0.6 is 23.2 Å². The highest BCUT2D eigenvalue weighted by Gasteiger charge is 2.40. The molecule has 0 bridgehead atoms. The molecule has 228 valence electrons. The van der Waals surface area contributed by atoms with E-state index < -0.39 is 0 Å². The highest BCUT2D eigenvalue weighted by Crippen LogP contribution is 2.34. The third-order valence-corrected chi connectivity index (χ3v) is 8.34. The average Bonchev–Trinajstić information content (AvgIpc) is 3.85. The van der Waals surface area contributed by atoms with E-state index in [9.17, 15) is 9.59 Å². The maximum absolute atomic E-state index is 13.9. The molecule has 1 aliphatic heterocycles. The fourth-order valence-corrected chi connectivity index (χ4v) is 6.08. The van der Waals surface area contributed by atoms with Crippen molar-refractivity contribution in [3.63, 3.8) is 0 Å². The minimum absolute atomic E-state index is 0.0603. The van der Waals surface area contributed by atoms with Crippen LogP contribution in [0.15, 0.2) is 60.7 Å². The molecule has 3 aromatic carbocycles. The molecule has 5 rings (SSSR count). The van der Waals surface area contributed by atoms with E-state index in [0.717, 1.165) is 36.3 Å². The van der Waals surface area contributed by atoms with Gasteiger partial charge in [0.2, 0.25) is 5.91 Å². The summed E-state index contributed by atoms with van der Waals surface area (Å²) in [7, 11) is 1.64. The lowest BCUT2D eigenvalue weighted by Gasteiger charge is -2.36. The number of benzene rings is 3. The number of nitrogens with zero attached hydrogens (tertiary/aromatic N) is 1. The normalized spacial score (nSPS) is 18.0. The standard InChI is InChI=1S/C33H37Cl2N3O5/c1-21-17-27(34)31(28(35)18-21)43-16-15-42-25-11-7-22(8-12-25)32(39)37-29-13-14-36-19-26(29)33(40)38(24-9-10-24)20-23-5-3-4-6-30(23)41-2/h3-8,11-12,17-18,24,26,29,36H,9-10,13-16,19-20H2,1-2H3,(H,37,39). The summed E-state index contributed by atoms with van der Waals surface area (Å²) in [5.74, 6) is 1.29. The monoisotopic (exact) mass is 625 g/mol. The van der Waals surface area contributed by atoms with Crippen molar-refractivity contribution >= 4 is 35.0 Å². The number of carbonyl (C=O) groups is 2. The lowest BCUT2D eigenvalue weighted by molar-refractivity contribution is -0.138. The van der Waals surface area contributed by atoms with Crippen LogP contribution in [0.5, 0.6) is 17.2 Å². The SMILES string of the molecule is COc1ccccc1CN(C(=O)C1CNCCC1NC(=O)c1ccc(OCCOc2c(Cl)cc(C)cc2Cl)cc1)C1CC1. The van der Waals surface area contributed by atoms with Crippen LogP contribution in [0.25, 0.3) is 0 Å². The van der Waals surface area contributed by atoms with E-state index in [4.69, 9.17) is 37.4 Å². The number of hydrogen-bond donors (Lipinski definition) is 2. The van der Waals surface area contributed by atoms with Crippen LogP contribution in [-0.2, 0) is 11.3 Å². The molecule has 2 N–H and O–H groups in total. The zero-order valence-corrected chi connectivity index (χ0v) is 25.9. The minimum Gasteiger partial charge on any atom is -0.496 e. The van der Waals surface area contributed by atoms with Crippen molar-refractivity contribution in [3.8, 4) is 17.2 Å². The van der Waals surface area contributed by atoms with Gasteiger partial charge in [0.25, 0.3) is 5.91 Å². The van der Waals surface area contributed by atoms with E-state index in [1.807, 2.05) is 36.1 Å². The van der Waals surface area contributed by atoms with Gasteiger partial charge >= 0.3 is 0 Å². The molecule has 10 heteroatoms. The van der Waals surface area contributed by atoms with E-state index in [1.54, 1.807) is 43.5 Å². The number of nitrogens with one attached hydrogen (secondary N) is 2. The molecule has 8 nitrogen and oxygen atoms in total. The van der Waals surface area contributed by atoms with E-state index in [-0.39, 0.29) is 43.0 Å². The lowest BCUT2D eigenvalue weighted by Crippen LogP contribution is -2.55. The molecule has 2 unspecified atom stereocenters. The number of halogens is 2. The predicted octanol–water partition coefficient (Wildman–Crippen LogP) is 5.67. The quantitative estimate of drug-likeness (QED) is 0.252. The molecule has 2 fully saturated rings. The molecule has 1 saturated heterocycles. The molecule has 0 aromatic heterocycles. The van der Waals surface area contributed by atoms with E-state index in [2.05, 4.69) is 10.6 Å². The van der Waals surface area contributed by atoms with Crippen molar-refractivity contribution in [3.05, 3.63) is 87.4 Å². The number of amides is 2. The maximum Gasteiger partial charge on any atom is 0.251 e. The number of methoxy groups -OCH3 is 1. The van der Waals surface area contributed by atoms with Gasteiger partial charge < -0.3 is 29.7 Å². The summed E-state index contributed by atoms with van der Waals surface area (Å²) in [5, 5.41) is 7.39. The maximum atomic E-state index is 13.9. The van der Waals surface area contributed by atoms with Gasteiger partial charge in [-0.3, -0.25) is 9.59 Å². The molecule has 3 aromatic rings. The van der Waals surface area contributed by atoms with Gasteiger partial charge in [-0.15, -0.1) is 0 Å². The summed E-state index contributed by atoms with van der Waals surface area (Å²) in [6.07, 6.45) is 2.66. The van der Waals surface area contributed by atoms with E-state index in [1.165, 1.54) is 0 Å². The second kappa shape index (κ2) is 14.3. The first-order valence-electron chi connectivity index (χ1n) is 14.6. The molecule has 1 heterocycles. The Morgan fingerprint density at radius 2 is 1.67 bits per heavy atom. The number of hydrogen-bond acceptors (Lipinski definition) is 6. The van der Waals surface area contributed by atoms with Crippen LogP contribution < -0.4 is 24.8 Å². The van der Waals surface area contributed by atoms with Gasteiger partial charge in [-0.05, 0) is 80.8 Å². The van der Waals surface area contributed by atoms with Crippen molar-refractivity contribution in [2.24, 2.45) is 5.92 Å². The fraction of sp³-hybridized carbons (Fsp3) is 0.394. The first-order chi connectivity index (χ1) is 20.8. The smallest absolute Gasteiger partial charge is 0.251 e.